The largest absolute Gasteiger partial charge is 0.508 e. The van der Waals surface area contributed by atoms with E-state index in [9.17, 15) is 39.9 Å². The lowest BCUT2D eigenvalue weighted by atomic mass is 9.54. The smallest absolute Gasteiger partial charge is 0.255 e. The van der Waals surface area contributed by atoms with Crippen LogP contribution in [0.1, 0.15) is 24.0 Å². The molecule has 0 saturated heterocycles. The van der Waals surface area contributed by atoms with Crippen LogP contribution in [0.5, 0.6) is 5.75 Å². The van der Waals surface area contributed by atoms with Gasteiger partial charge in [-0.3, -0.25) is 19.3 Å². The summed E-state index contributed by atoms with van der Waals surface area (Å²) in [5.74, 6) is -9.03. The third-order valence-corrected chi connectivity index (χ3v) is 8.21. The zero-order chi connectivity index (χ0) is 27.8. The summed E-state index contributed by atoms with van der Waals surface area (Å²) in [6.07, 6.45) is -1.62. The summed E-state index contributed by atoms with van der Waals surface area (Å²) in [4.78, 5) is 40.7. The number of carbonyl (C=O) groups is 3. The Morgan fingerprint density at radius 2 is 1.66 bits per heavy atom. The normalized spacial score (nSPS) is 30.7. The number of hydrogen-bond donors (Lipinski definition) is 6. The van der Waals surface area contributed by atoms with Gasteiger partial charge in [-0.05, 0) is 31.1 Å². The highest BCUT2D eigenvalue weighted by atomic mass is 16.4. The number of aliphatic hydroxyl groups excluding tert-OH is 3. The van der Waals surface area contributed by atoms with Gasteiger partial charge >= 0.3 is 0 Å². The van der Waals surface area contributed by atoms with Gasteiger partial charge in [0.1, 0.15) is 22.8 Å². The van der Waals surface area contributed by atoms with Crippen LogP contribution in [-0.4, -0.2) is 79.7 Å². The molecule has 0 aliphatic heterocycles. The van der Waals surface area contributed by atoms with Gasteiger partial charge in [-0.2, -0.15) is 0 Å². The first-order chi connectivity index (χ1) is 17.8. The Morgan fingerprint density at radius 1 is 1.03 bits per heavy atom. The standard InChI is InChI=1S/C28H28N2O8/c1-11-13-9-10-14(12-7-5-4-6-8-12)21(31)16(13)22(32)17-15(11)23(33)19-20(30(2)3)24(34)18(27(29)37)26(36)28(19,38)25(17)35/h4-11,15,19-20,23,31-33,36,38H,1-3H3,(H2,29,37)/t11-,15+,19+,20-,23-,28-/m1/s1. The summed E-state index contributed by atoms with van der Waals surface area (Å²) in [6.45, 7) is 1.69. The van der Waals surface area contributed by atoms with Crippen LogP contribution < -0.4 is 5.73 Å². The van der Waals surface area contributed by atoms with Crippen molar-refractivity contribution in [1.29, 1.82) is 0 Å². The summed E-state index contributed by atoms with van der Waals surface area (Å²) in [7, 11) is 2.93. The Kier molecular flexibility index (Phi) is 5.75. The molecule has 0 unspecified atom stereocenters. The monoisotopic (exact) mass is 520 g/mol. The van der Waals surface area contributed by atoms with Crippen LogP contribution in [0.25, 0.3) is 16.9 Å². The number of amides is 1. The molecule has 2 aromatic rings. The first-order valence-corrected chi connectivity index (χ1v) is 12.1. The van der Waals surface area contributed by atoms with Crippen LogP contribution in [0, 0.1) is 11.8 Å². The van der Waals surface area contributed by atoms with Gasteiger partial charge < -0.3 is 31.3 Å². The molecule has 0 aromatic heterocycles. The summed E-state index contributed by atoms with van der Waals surface area (Å²) in [5, 5.41) is 57.0. The summed E-state index contributed by atoms with van der Waals surface area (Å²) in [6, 6.07) is 10.9. The van der Waals surface area contributed by atoms with Crippen LogP contribution in [0.2, 0.25) is 0 Å². The minimum Gasteiger partial charge on any atom is -0.508 e. The number of phenols is 1. The van der Waals surface area contributed by atoms with E-state index < -0.39 is 75.6 Å². The van der Waals surface area contributed by atoms with E-state index in [4.69, 9.17) is 5.73 Å². The van der Waals surface area contributed by atoms with Gasteiger partial charge in [0, 0.05) is 17.1 Å². The molecule has 1 fully saturated rings. The van der Waals surface area contributed by atoms with Crippen molar-refractivity contribution in [2.24, 2.45) is 17.6 Å². The van der Waals surface area contributed by atoms with Crippen LogP contribution >= 0.6 is 0 Å². The fourth-order valence-corrected chi connectivity index (χ4v) is 6.47. The second kappa shape index (κ2) is 8.52. The molecule has 0 heterocycles. The molecule has 5 rings (SSSR count). The van der Waals surface area contributed by atoms with E-state index in [1.54, 1.807) is 49.4 Å². The molecule has 10 nitrogen and oxygen atoms in total. The quantitative estimate of drug-likeness (QED) is 0.324. The second-order valence-electron chi connectivity index (χ2n) is 10.3. The average Bonchev–Trinajstić information content (AvgIpc) is 2.86. The highest BCUT2D eigenvalue weighted by molar-refractivity contribution is 6.24. The number of rotatable bonds is 3. The van der Waals surface area contributed by atoms with Gasteiger partial charge in [0.25, 0.3) is 5.91 Å². The number of nitrogens with two attached hydrogens (primary N) is 1. The lowest BCUT2D eigenvalue weighted by molar-refractivity contribution is -0.169. The van der Waals surface area contributed by atoms with Crippen LogP contribution in [-0.2, 0) is 14.4 Å². The van der Waals surface area contributed by atoms with Crippen molar-refractivity contribution in [2.45, 2.75) is 30.6 Å². The number of aromatic hydroxyl groups is 1. The lowest BCUT2D eigenvalue weighted by Gasteiger charge is -2.53. The first kappa shape index (κ1) is 25.7. The van der Waals surface area contributed by atoms with Crippen molar-refractivity contribution in [3.63, 3.8) is 0 Å². The number of likely N-dealkylation sites (N-methyl/N-ethyl adjacent to an activating group) is 1. The summed E-state index contributed by atoms with van der Waals surface area (Å²) >= 11 is 0. The molecule has 0 bridgehead atoms. The number of hydrogen-bond acceptors (Lipinski definition) is 9. The molecule has 198 valence electrons. The Morgan fingerprint density at radius 3 is 2.24 bits per heavy atom. The first-order valence-electron chi connectivity index (χ1n) is 12.1. The molecule has 6 atom stereocenters. The predicted molar refractivity (Wildman–Crippen MR) is 136 cm³/mol. The van der Waals surface area contributed by atoms with E-state index in [1.165, 1.54) is 19.0 Å². The van der Waals surface area contributed by atoms with Gasteiger partial charge in [0.2, 0.25) is 5.78 Å². The topological polar surface area (TPSA) is 182 Å². The number of fused-ring (bicyclic) bond motifs is 3. The molecule has 0 radical (unpaired) electrons. The third-order valence-electron chi connectivity index (χ3n) is 8.21. The number of Topliss-reactive ketones (excluding diaryl/α,β-unsaturated/α-hetero) is 2. The van der Waals surface area contributed by atoms with Crippen molar-refractivity contribution < 1.29 is 39.9 Å². The van der Waals surface area contributed by atoms with E-state index in [-0.39, 0.29) is 11.3 Å². The van der Waals surface area contributed by atoms with Crippen LogP contribution in [0.15, 0.2) is 59.4 Å². The molecule has 0 spiro atoms. The van der Waals surface area contributed by atoms with E-state index >= 15 is 0 Å². The number of phenolic OH excluding ortho intramolecular Hbond substituents is 1. The minimum atomic E-state index is -2.93. The van der Waals surface area contributed by atoms with Gasteiger partial charge in [-0.1, -0.05) is 49.4 Å². The van der Waals surface area contributed by atoms with E-state index in [1.807, 2.05) is 0 Å². The van der Waals surface area contributed by atoms with Crippen molar-refractivity contribution in [1.82, 2.24) is 4.90 Å². The molecule has 1 saturated carbocycles. The Hall–Kier alpha value is -3.99. The molecule has 3 aliphatic rings. The van der Waals surface area contributed by atoms with Gasteiger partial charge in [-0.15, -0.1) is 0 Å². The Balaban J connectivity index is 1.79. The second-order valence-corrected chi connectivity index (χ2v) is 10.3. The summed E-state index contributed by atoms with van der Waals surface area (Å²) in [5.41, 5.74) is 2.49. The van der Waals surface area contributed by atoms with Crippen molar-refractivity contribution >= 4 is 23.2 Å². The fourth-order valence-electron chi connectivity index (χ4n) is 6.47. The molecule has 10 heteroatoms. The molecule has 7 N–H and O–H groups in total. The third kappa shape index (κ3) is 3.14. The van der Waals surface area contributed by atoms with Crippen molar-refractivity contribution in [2.75, 3.05) is 14.1 Å². The number of benzene rings is 2. The highest BCUT2D eigenvalue weighted by Crippen LogP contribution is 2.56. The van der Waals surface area contributed by atoms with Gasteiger partial charge in [0.05, 0.1) is 23.6 Å². The van der Waals surface area contributed by atoms with Gasteiger partial charge in [0.15, 0.2) is 11.4 Å². The number of nitrogens with zero attached hydrogens (tertiary/aromatic N) is 1. The Labute approximate surface area is 217 Å². The van der Waals surface area contributed by atoms with E-state index in [0.29, 0.717) is 16.7 Å². The maximum Gasteiger partial charge on any atom is 0.255 e. The van der Waals surface area contributed by atoms with Gasteiger partial charge in [-0.25, -0.2) is 0 Å². The van der Waals surface area contributed by atoms with Crippen molar-refractivity contribution in [3.8, 4) is 16.9 Å². The minimum absolute atomic E-state index is 0.0395. The number of aliphatic hydroxyl groups is 4. The Bertz CT molecular complexity index is 1460. The van der Waals surface area contributed by atoms with Crippen LogP contribution in [0.4, 0.5) is 0 Å². The molecule has 3 aliphatic carbocycles. The molecule has 2 aromatic carbocycles. The fraction of sp³-hybridized carbons (Fsp3) is 0.321. The molecular weight excluding hydrogens is 492 g/mol. The number of ketones is 2. The SMILES string of the molecule is C[C@@H]1c2ccc(-c3ccccc3)c(O)c2C(O)=C2C(=O)[C@@]3(O)C(O)=C(C(N)=O)C(=O)[C@H](N(C)C)[C@H]3[C@H](O)[C@H]21. The van der Waals surface area contributed by atoms with E-state index in [0.717, 1.165) is 0 Å². The predicted octanol–water partition coefficient (Wildman–Crippen LogP) is 1.16. The highest BCUT2D eigenvalue weighted by Gasteiger charge is 2.68. The zero-order valence-corrected chi connectivity index (χ0v) is 20.9. The number of carbonyl (C=O) groups excluding carboxylic acids is 3. The van der Waals surface area contributed by atoms with E-state index in [2.05, 4.69) is 0 Å². The molecule has 1 amide bonds. The number of primary amides is 1. The van der Waals surface area contributed by atoms with Crippen LogP contribution in [0.3, 0.4) is 0 Å². The zero-order valence-electron chi connectivity index (χ0n) is 20.9. The average molecular weight is 521 g/mol. The maximum absolute atomic E-state index is 14.0. The molecule has 38 heavy (non-hydrogen) atoms. The molecular formula is C28H28N2O8. The maximum atomic E-state index is 14.0. The lowest BCUT2D eigenvalue weighted by Crippen LogP contribution is -2.70. The summed E-state index contributed by atoms with van der Waals surface area (Å²) < 4.78 is 0. The van der Waals surface area contributed by atoms with Crippen molar-refractivity contribution in [3.05, 3.63) is 70.5 Å².